The molecule has 1 amide bonds. The van der Waals surface area contributed by atoms with E-state index in [0.29, 0.717) is 31.9 Å². The van der Waals surface area contributed by atoms with Gasteiger partial charge in [-0.25, -0.2) is 17.6 Å². The van der Waals surface area contributed by atoms with Crippen molar-refractivity contribution in [2.24, 2.45) is 5.92 Å². The van der Waals surface area contributed by atoms with Crippen LogP contribution in [0.4, 0.5) is 14.9 Å². The molecule has 0 aliphatic carbocycles. The van der Waals surface area contributed by atoms with Crippen LogP contribution in [0.5, 0.6) is 0 Å². The zero-order valence-corrected chi connectivity index (χ0v) is 17.3. The van der Waals surface area contributed by atoms with E-state index < -0.39 is 15.7 Å². The largest absolute Gasteiger partial charge is 0.449 e. The monoisotopic (exact) mass is 400 g/mol. The Hall–Kier alpha value is -1.83. The van der Waals surface area contributed by atoms with Gasteiger partial charge in [0, 0.05) is 31.6 Å². The van der Waals surface area contributed by atoms with Crippen LogP contribution in [0.2, 0.25) is 0 Å². The number of carbonyl (C=O) groups excluding carboxylic acids is 1. The number of hydrogen-bond acceptors (Lipinski definition) is 5. The summed E-state index contributed by atoms with van der Waals surface area (Å²) >= 11 is 0. The highest BCUT2D eigenvalue weighted by Crippen LogP contribution is 2.27. The maximum Gasteiger partial charge on any atom is 0.410 e. The highest BCUT2D eigenvalue weighted by Gasteiger charge is 2.33. The standard InChI is InChI=1S/C19H29FN2O4S/c1-5-6-11-26-19(23)22-10-9-21(13-17(22)14(2)3)15-7-8-16(20)18(12-15)27(4,24)25/h7-8,12,14,17H,5-6,9-11,13H2,1-4H3. The third kappa shape index (κ3) is 5.34. The van der Waals surface area contributed by atoms with E-state index in [0.717, 1.165) is 19.1 Å². The van der Waals surface area contributed by atoms with Gasteiger partial charge in [-0.05, 0) is 30.5 Å². The van der Waals surface area contributed by atoms with Crippen molar-refractivity contribution in [1.82, 2.24) is 4.90 Å². The Labute approximate surface area is 161 Å². The number of ether oxygens (including phenoxy) is 1. The van der Waals surface area contributed by atoms with Crippen molar-refractivity contribution in [2.75, 3.05) is 37.4 Å². The van der Waals surface area contributed by atoms with E-state index in [2.05, 4.69) is 0 Å². The summed E-state index contributed by atoms with van der Waals surface area (Å²) in [6, 6.07) is 4.06. The van der Waals surface area contributed by atoms with Crippen LogP contribution >= 0.6 is 0 Å². The molecule has 1 saturated heterocycles. The molecule has 0 aromatic heterocycles. The Bertz CT molecular complexity index is 767. The predicted molar refractivity (Wildman–Crippen MR) is 103 cm³/mol. The average Bonchev–Trinajstić information content (AvgIpc) is 2.60. The molecular weight excluding hydrogens is 371 g/mol. The number of anilines is 1. The van der Waals surface area contributed by atoms with Crippen molar-refractivity contribution >= 4 is 21.6 Å². The van der Waals surface area contributed by atoms with Gasteiger partial charge in [-0.15, -0.1) is 0 Å². The number of unbranched alkanes of at least 4 members (excludes halogenated alkanes) is 1. The first kappa shape index (κ1) is 21.5. The summed E-state index contributed by atoms with van der Waals surface area (Å²) in [5.74, 6) is -0.554. The smallest absolute Gasteiger partial charge is 0.410 e. The molecule has 6 nitrogen and oxygen atoms in total. The fourth-order valence-electron chi connectivity index (χ4n) is 3.20. The summed E-state index contributed by atoms with van der Waals surface area (Å²) in [4.78, 5) is 15.9. The normalized spacial score (nSPS) is 18.1. The highest BCUT2D eigenvalue weighted by atomic mass is 32.2. The Morgan fingerprint density at radius 1 is 1.33 bits per heavy atom. The predicted octanol–water partition coefficient (Wildman–Crippen LogP) is 3.31. The quantitative estimate of drug-likeness (QED) is 0.686. The van der Waals surface area contributed by atoms with Gasteiger partial charge in [-0.3, -0.25) is 0 Å². The number of rotatable bonds is 6. The first-order chi connectivity index (χ1) is 12.6. The molecule has 1 atom stereocenters. The second-order valence-corrected chi connectivity index (χ2v) is 9.29. The van der Waals surface area contributed by atoms with Gasteiger partial charge in [0.2, 0.25) is 0 Å². The lowest BCUT2D eigenvalue weighted by Crippen LogP contribution is -2.57. The van der Waals surface area contributed by atoms with Crippen LogP contribution in [0.1, 0.15) is 33.6 Å². The fourth-order valence-corrected chi connectivity index (χ4v) is 3.96. The topological polar surface area (TPSA) is 66.9 Å². The van der Waals surface area contributed by atoms with E-state index in [1.807, 2.05) is 25.7 Å². The fraction of sp³-hybridized carbons (Fsp3) is 0.632. The second-order valence-electron chi connectivity index (χ2n) is 7.31. The van der Waals surface area contributed by atoms with E-state index in [1.165, 1.54) is 12.1 Å². The molecule has 1 fully saturated rings. The van der Waals surface area contributed by atoms with Gasteiger partial charge in [0.05, 0.1) is 12.6 Å². The Morgan fingerprint density at radius 3 is 2.63 bits per heavy atom. The van der Waals surface area contributed by atoms with Gasteiger partial charge in [-0.1, -0.05) is 27.2 Å². The summed E-state index contributed by atoms with van der Waals surface area (Å²) < 4.78 is 42.8. The third-order valence-electron chi connectivity index (χ3n) is 4.83. The zero-order valence-electron chi connectivity index (χ0n) is 16.4. The maximum atomic E-state index is 13.9. The number of benzene rings is 1. The van der Waals surface area contributed by atoms with Crippen LogP contribution < -0.4 is 4.90 Å². The van der Waals surface area contributed by atoms with Gasteiger partial charge >= 0.3 is 6.09 Å². The molecule has 8 heteroatoms. The van der Waals surface area contributed by atoms with E-state index >= 15 is 0 Å². The van der Waals surface area contributed by atoms with Crippen LogP contribution in [-0.4, -0.2) is 57.9 Å². The Morgan fingerprint density at radius 2 is 2.04 bits per heavy atom. The lowest BCUT2D eigenvalue weighted by atomic mass is 9.99. The van der Waals surface area contributed by atoms with Crippen LogP contribution in [0.3, 0.4) is 0 Å². The first-order valence-electron chi connectivity index (χ1n) is 9.33. The SMILES string of the molecule is CCCCOC(=O)N1CCN(c2ccc(F)c(S(C)(=O)=O)c2)CC1C(C)C. The van der Waals surface area contributed by atoms with Gasteiger partial charge in [0.1, 0.15) is 10.7 Å². The van der Waals surface area contributed by atoms with Gasteiger partial charge in [0.25, 0.3) is 0 Å². The highest BCUT2D eigenvalue weighted by molar-refractivity contribution is 7.90. The zero-order chi connectivity index (χ0) is 20.2. The van der Waals surface area contributed by atoms with E-state index in [9.17, 15) is 17.6 Å². The number of hydrogen-bond donors (Lipinski definition) is 0. The molecule has 1 aliphatic heterocycles. The molecule has 1 aromatic rings. The molecule has 0 radical (unpaired) electrons. The Kier molecular flexibility index (Phi) is 7.08. The van der Waals surface area contributed by atoms with Gasteiger partial charge < -0.3 is 14.5 Å². The van der Waals surface area contributed by atoms with E-state index in [1.54, 1.807) is 11.0 Å². The lowest BCUT2D eigenvalue weighted by molar-refractivity contribution is 0.0697. The number of nitrogens with zero attached hydrogens (tertiary/aromatic N) is 2. The van der Waals surface area contributed by atoms with Crippen molar-refractivity contribution in [2.45, 2.75) is 44.6 Å². The minimum Gasteiger partial charge on any atom is -0.449 e. The number of carbonyl (C=O) groups is 1. The second kappa shape index (κ2) is 8.91. The van der Waals surface area contributed by atoms with Crippen molar-refractivity contribution in [3.63, 3.8) is 0 Å². The molecule has 0 N–H and O–H groups in total. The molecule has 0 saturated carbocycles. The molecule has 1 aromatic carbocycles. The first-order valence-corrected chi connectivity index (χ1v) is 11.2. The number of sulfone groups is 1. The van der Waals surface area contributed by atoms with Crippen LogP contribution in [0, 0.1) is 11.7 Å². The minimum atomic E-state index is -3.65. The Balaban J connectivity index is 2.18. The molecule has 27 heavy (non-hydrogen) atoms. The molecular formula is C19H29FN2O4S. The van der Waals surface area contributed by atoms with Crippen molar-refractivity contribution in [1.29, 1.82) is 0 Å². The summed E-state index contributed by atoms with van der Waals surface area (Å²) in [5.41, 5.74) is 0.640. The number of amides is 1. The van der Waals surface area contributed by atoms with Crippen LogP contribution in [0.15, 0.2) is 23.1 Å². The van der Waals surface area contributed by atoms with E-state index in [-0.39, 0.29) is 22.9 Å². The van der Waals surface area contributed by atoms with Gasteiger partial charge in [-0.2, -0.15) is 0 Å². The summed E-state index contributed by atoms with van der Waals surface area (Å²) in [6.07, 6.45) is 2.48. The minimum absolute atomic E-state index is 0.0698. The van der Waals surface area contributed by atoms with E-state index in [4.69, 9.17) is 4.74 Å². The third-order valence-corrected chi connectivity index (χ3v) is 5.94. The molecule has 0 bridgehead atoms. The molecule has 2 rings (SSSR count). The summed E-state index contributed by atoms with van der Waals surface area (Å²) in [5, 5.41) is 0. The number of halogens is 1. The van der Waals surface area contributed by atoms with Crippen molar-refractivity contribution < 1.29 is 22.3 Å². The van der Waals surface area contributed by atoms with Crippen LogP contribution in [-0.2, 0) is 14.6 Å². The van der Waals surface area contributed by atoms with Gasteiger partial charge in [0.15, 0.2) is 9.84 Å². The molecule has 1 aliphatic rings. The average molecular weight is 401 g/mol. The van der Waals surface area contributed by atoms with Crippen molar-refractivity contribution in [3.8, 4) is 0 Å². The summed E-state index contributed by atoms with van der Waals surface area (Å²) in [6.45, 7) is 8.06. The van der Waals surface area contributed by atoms with Crippen LogP contribution in [0.25, 0.3) is 0 Å². The van der Waals surface area contributed by atoms with Crippen molar-refractivity contribution in [3.05, 3.63) is 24.0 Å². The maximum absolute atomic E-state index is 13.9. The molecule has 152 valence electrons. The number of piperazine rings is 1. The summed E-state index contributed by atoms with van der Waals surface area (Å²) in [7, 11) is -3.65. The molecule has 1 unspecified atom stereocenters. The lowest BCUT2D eigenvalue weighted by Gasteiger charge is -2.43. The molecule has 1 heterocycles. The molecule has 0 spiro atoms.